The van der Waals surface area contributed by atoms with E-state index in [-0.39, 0.29) is 5.91 Å². The summed E-state index contributed by atoms with van der Waals surface area (Å²) in [6.07, 6.45) is 5.37. The number of pyridine rings is 1. The summed E-state index contributed by atoms with van der Waals surface area (Å²) in [5, 5.41) is 7.43. The molecule has 0 bridgehead atoms. The Bertz CT molecular complexity index is 909. The SMILES string of the molecule is CCOc1ccc(C(=O)NCCn2ccc(-c3ccncc3)n2)cc1OCC. The second-order valence-corrected chi connectivity index (χ2v) is 5.98. The number of benzene rings is 1. The molecule has 0 radical (unpaired) electrons. The lowest BCUT2D eigenvalue weighted by molar-refractivity contribution is 0.0951. The van der Waals surface area contributed by atoms with Crippen molar-refractivity contribution in [2.75, 3.05) is 19.8 Å². The van der Waals surface area contributed by atoms with Gasteiger partial charge in [0, 0.05) is 36.3 Å². The third-order valence-electron chi connectivity index (χ3n) is 4.05. The number of carbonyl (C=O) groups is 1. The Kier molecular flexibility index (Phi) is 6.62. The molecule has 0 fully saturated rings. The van der Waals surface area contributed by atoms with Gasteiger partial charge in [0.05, 0.1) is 25.5 Å². The highest BCUT2D eigenvalue weighted by Gasteiger charge is 2.11. The van der Waals surface area contributed by atoms with Crippen molar-refractivity contribution in [3.63, 3.8) is 0 Å². The third-order valence-corrected chi connectivity index (χ3v) is 4.05. The summed E-state index contributed by atoms with van der Waals surface area (Å²) < 4.78 is 12.9. The summed E-state index contributed by atoms with van der Waals surface area (Å²) in [5.74, 6) is 1.05. The van der Waals surface area contributed by atoms with Crippen LogP contribution < -0.4 is 14.8 Å². The van der Waals surface area contributed by atoms with Gasteiger partial charge in [-0.2, -0.15) is 5.10 Å². The number of nitrogens with one attached hydrogen (secondary N) is 1. The third kappa shape index (κ3) is 4.88. The highest BCUT2D eigenvalue weighted by molar-refractivity contribution is 5.94. The van der Waals surface area contributed by atoms with Crippen LogP contribution in [0.4, 0.5) is 0 Å². The average Bonchev–Trinajstić information content (AvgIpc) is 3.19. The minimum Gasteiger partial charge on any atom is -0.490 e. The topological polar surface area (TPSA) is 78.3 Å². The number of hydrogen-bond acceptors (Lipinski definition) is 5. The van der Waals surface area contributed by atoms with E-state index in [9.17, 15) is 4.79 Å². The van der Waals surface area contributed by atoms with Crippen LogP contribution in [-0.4, -0.2) is 40.4 Å². The van der Waals surface area contributed by atoms with Gasteiger partial charge in [0.25, 0.3) is 5.91 Å². The summed E-state index contributed by atoms with van der Waals surface area (Å²) in [6, 6.07) is 11.0. The number of hydrogen-bond donors (Lipinski definition) is 1. The van der Waals surface area contributed by atoms with Crippen LogP contribution in [-0.2, 0) is 6.54 Å². The Balaban J connectivity index is 1.57. The zero-order valence-corrected chi connectivity index (χ0v) is 16.1. The fourth-order valence-corrected chi connectivity index (χ4v) is 2.74. The second kappa shape index (κ2) is 9.55. The average molecular weight is 380 g/mol. The molecule has 0 unspecified atom stereocenters. The Hall–Kier alpha value is -3.35. The van der Waals surface area contributed by atoms with Crippen LogP contribution in [0.3, 0.4) is 0 Å². The number of nitrogens with zero attached hydrogens (tertiary/aromatic N) is 3. The first-order valence-electron chi connectivity index (χ1n) is 9.33. The van der Waals surface area contributed by atoms with E-state index in [4.69, 9.17) is 9.47 Å². The number of amides is 1. The number of ether oxygens (including phenoxy) is 2. The van der Waals surface area contributed by atoms with Gasteiger partial charge in [-0.3, -0.25) is 14.5 Å². The molecule has 3 rings (SSSR count). The number of rotatable bonds is 9. The first kappa shape index (κ1) is 19.4. The summed E-state index contributed by atoms with van der Waals surface area (Å²) in [6.45, 7) is 5.89. The Morgan fingerprint density at radius 2 is 1.79 bits per heavy atom. The molecule has 0 saturated heterocycles. The fraction of sp³-hybridized carbons (Fsp3) is 0.286. The van der Waals surface area contributed by atoms with E-state index in [0.29, 0.717) is 43.4 Å². The summed E-state index contributed by atoms with van der Waals surface area (Å²) in [4.78, 5) is 16.5. The van der Waals surface area contributed by atoms with Crippen LogP contribution in [0.2, 0.25) is 0 Å². The van der Waals surface area contributed by atoms with Crippen molar-refractivity contribution in [3.8, 4) is 22.8 Å². The smallest absolute Gasteiger partial charge is 0.251 e. The Morgan fingerprint density at radius 1 is 1.04 bits per heavy atom. The van der Waals surface area contributed by atoms with Crippen LogP contribution >= 0.6 is 0 Å². The molecule has 7 heteroatoms. The Labute approximate surface area is 164 Å². The molecule has 0 saturated carbocycles. The lowest BCUT2D eigenvalue weighted by Crippen LogP contribution is -2.27. The van der Waals surface area contributed by atoms with Crippen LogP contribution in [0.1, 0.15) is 24.2 Å². The van der Waals surface area contributed by atoms with E-state index in [2.05, 4.69) is 15.4 Å². The molecule has 0 spiro atoms. The molecule has 146 valence electrons. The van der Waals surface area contributed by atoms with Crippen molar-refractivity contribution in [2.24, 2.45) is 0 Å². The molecule has 1 amide bonds. The number of carbonyl (C=O) groups excluding carboxylic acids is 1. The highest BCUT2D eigenvalue weighted by atomic mass is 16.5. The summed E-state index contributed by atoms with van der Waals surface area (Å²) in [5.41, 5.74) is 2.42. The van der Waals surface area contributed by atoms with Crippen LogP contribution in [0.15, 0.2) is 55.0 Å². The van der Waals surface area contributed by atoms with Gasteiger partial charge in [-0.05, 0) is 50.2 Å². The monoisotopic (exact) mass is 380 g/mol. The molecule has 2 aromatic heterocycles. The minimum absolute atomic E-state index is 0.162. The maximum atomic E-state index is 12.4. The van der Waals surface area contributed by atoms with Gasteiger partial charge < -0.3 is 14.8 Å². The van der Waals surface area contributed by atoms with Crippen LogP contribution in [0.5, 0.6) is 11.5 Å². The molecule has 3 aromatic rings. The first-order chi connectivity index (χ1) is 13.7. The first-order valence-corrected chi connectivity index (χ1v) is 9.33. The minimum atomic E-state index is -0.162. The lowest BCUT2D eigenvalue weighted by Gasteiger charge is -2.12. The number of aromatic nitrogens is 3. The van der Waals surface area contributed by atoms with Crippen molar-refractivity contribution in [1.82, 2.24) is 20.1 Å². The van der Waals surface area contributed by atoms with Gasteiger partial charge >= 0.3 is 0 Å². The zero-order valence-electron chi connectivity index (χ0n) is 16.1. The molecule has 0 aliphatic rings. The predicted molar refractivity (Wildman–Crippen MR) is 107 cm³/mol. The second-order valence-electron chi connectivity index (χ2n) is 5.98. The molecular formula is C21H24N4O3. The predicted octanol–water partition coefficient (Wildman–Crippen LogP) is 3.17. The van der Waals surface area contributed by atoms with Gasteiger partial charge in [-0.1, -0.05) is 0 Å². The quantitative estimate of drug-likeness (QED) is 0.617. The van der Waals surface area contributed by atoms with Gasteiger partial charge in [-0.25, -0.2) is 0 Å². The molecular weight excluding hydrogens is 356 g/mol. The molecule has 0 aliphatic carbocycles. The normalized spacial score (nSPS) is 10.5. The van der Waals surface area contributed by atoms with Crippen LogP contribution in [0, 0.1) is 0 Å². The highest BCUT2D eigenvalue weighted by Crippen LogP contribution is 2.28. The molecule has 1 N–H and O–H groups in total. The molecule has 7 nitrogen and oxygen atoms in total. The van der Waals surface area contributed by atoms with Gasteiger partial charge in [0.15, 0.2) is 11.5 Å². The summed E-state index contributed by atoms with van der Waals surface area (Å²) >= 11 is 0. The van der Waals surface area contributed by atoms with E-state index in [1.807, 2.05) is 38.2 Å². The van der Waals surface area contributed by atoms with Gasteiger partial charge in [-0.15, -0.1) is 0 Å². The molecule has 0 atom stereocenters. The maximum absolute atomic E-state index is 12.4. The fourth-order valence-electron chi connectivity index (χ4n) is 2.74. The molecule has 28 heavy (non-hydrogen) atoms. The largest absolute Gasteiger partial charge is 0.490 e. The Morgan fingerprint density at radius 3 is 2.54 bits per heavy atom. The van der Waals surface area contributed by atoms with E-state index in [1.165, 1.54) is 0 Å². The van der Waals surface area contributed by atoms with Crippen molar-refractivity contribution in [2.45, 2.75) is 20.4 Å². The van der Waals surface area contributed by atoms with E-state index in [0.717, 1.165) is 11.3 Å². The maximum Gasteiger partial charge on any atom is 0.251 e. The van der Waals surface area contributed by atoms with Crippen molar-refractivity contribution < 1.29 is 14.3 Å². The van der Waals surface area contributed by atoms with Crippen molar-refractivity contribution in [1.29, 1.82) is 0 Å². The van der Waals surface area contributed by atoms with E-state index >= 15 is 0 Å². The van der Waals surface area contributed by atoms with E-state index < -0.39 is 0 Å². The van der Waals surface area contributed by atoms with E-state index in [1.54, 1.807) is 35.3 Å². The zero-order chi connectivity index (χ0) is 19.8. The van der Waals surface area contributed by atoms with Crippen molar-refractivity contribution >= 4 is 5.91 Å². The molecule has 1 aromatic carbocycles. The summed E-state index contributed by atoms with van der Waals surface area (Å²) in [7, 11) is 0. The van der Waals surface area contributed by atoms with Gasteiger partial charge in [0.1, 0.15) is 0 Å². The van der Waals surface area contributed by atoms with Gasteiger partial charge in [0.2, 0.25) is 0 Å². The lowest BCUT2D eigenvalue weighted by atomic mass is 10.2. The molecule has 2 heterocycles. The molecule has 0 aliphatic heterocycles. The standard InChI is InChI=1S/C21H24N4O3/c1-3-27-19-6-5-17(15-20(19)28-4-2)21(26)23-12-14-25-13-9-18(24-25)16-7-10-22-11-8-16/h5-11,13,15H,3-4,12,14H2,1-2H3,(H,23,26). The van der Waals surface area contributed by atoms with Crippen molar-refractivity contribution in [3.05, 3.63) is 60.6 Å². The van der Waals surface area contributed by atoms with Crippen LogP contribution in [0.25, 0.3) is 11.3 Å².